The highest BCUT2D eigenvalue weighted by atomic mass is 35.5. The molecule has 22 heavy (non-hydrogen) atoms. The summed E-state index contributed by atoms with van der Waals surface area (Å²) in [5.41, 5.74) is 3.58. The molecular weight excluding hydrogens is 300 g/mol. The van der Waals surface area contributed by atoms with Gasteiger partial charge in [-0.05, 0) is 48.2 Å². The van der Waals surface area contributed by atoms with E-state index in [9.17, 15) is 9.90 Å². The fourth-order valence-corrected chi connectivity index (χ4v) is 2.93. The Bertz CT molecular complexity index is 703. The van der Waals surface area contributed by atoms with Crippen LogP contribution in [0, 0.1) is 0 Å². The van der Waals surface area contributed by atoms with Crippen LogP contribution in [0.5, 0.6) is 0 Å². The van der Waals surface area contributed by atoms with Crippen molar-refractivity contribution in [3.63, 3.8) is 0 Å². The van der Waals surface area contributed by atoms with Gasteiger partial charge in [0, 0.05) is 22.8 Å². The highest BCUT2D eigenvalue weighted by Crippen LogP contribution is 2.28. The van der Waals surface area contributed by atoms with Gasteiger partial charge in [0.05, 0.1) is 6.10 Å². The van der Waals surface area contributed by atoms with E-state index in [2.05, 4.69) is 10.6 Å². The van der Waals surface area contributed by atoms with Crippen LogP contribution in [-0.4, -0.2) is 17.2 Å². The number of carbonyl (C=O) groups is 1. The zero-order valence-corrected chi connectivity index (χ0v) is 12.7. The van der Waals surface area contributed by atoms with Crippen LogP contribution >= 0.6 is 11.6 Å². The first-order valence-electron chi connectivity index (χ1n) is 7.24. The maximum Gasteiger partial charge on any atom is 0.323 e. The van der Waals surface area contributed by atoms with Crippen LogP contribution in [0.4, 0.5) is 16.2 Å². The zero-order valence-electron chi connectivity index (χ0n) is 12.0. The number of anilines is 2. The lowest BCUT2D eigenvalue weighted by Crippen LogP contribution is -2.24. The van der Waals surface area contributed by atoms with E-state index in [1.165, 1.54) is 5.56 Å². The number of carbonyl (C=O) groups excluding carboxylic acids is 1. The number of aliphatic hydroxyl groups is 1. The number of halogens is 1. The summed E-state index contributed by atoms with van der Waals surface area (Å²) in [4.78, 5) is 12.1. The third kappa shape index (κ3) is 3.40. The summed E-state index contributed by atoms with van der Waals surface area (Å²) in [6.45, 7) is 0. The third-order valence-electron chi connectivity index (χ3n) is 3.79. The summed E-state index contributed by atoms with van der Waals surface area (Å²) in [6, 6.07) is 12.5. The Morgan fingerprint density at radius 3 is 2.82 bits per heavy atom. The van der Waals surface area contributed by atoms with Crippen LogP contribution in [0.1, 0.15) is 17.5 Å². The lowest BCUT2D eigenvalue weighted by molar-refractivity contribution is 0.159. The zero-order chi connectivity index (χ0) is 15.5. The third-order valence-corrected chi connectivity index (χ3v) is 4.03. The lowest BCUT2D eigenvalue weighted by Gasteiger charge is -2.23. The molecule has 0 unspecified atom stereocenters. The minimum atomic E-state index is -0.341. The molecule has 4 nitrogen and oxygen atoms in total. The van der Waals surface area contributed by atoms with Crippen molar-refractivity contribution in [2.75, 3.05) is 10.6 Å². The van der Waals surface area contributed by atoms with E-state index < -0.39 is 0 Å². The molecule has 0 fully saturated rings. The molecular formula is C17H17ClN2O2. The van der Waals surface area contributed by atoms with Crippen LogP contribution in [0.15, 0.2) is 42.5 Å². The number of amides is 2. The number of rotatable bonds is 2. The predicted octanol–water partition coefficient (Wildman–Crippen LogP) is 3.83. The van der Waals surface area contributed by atoms with E-state index in [0.29, 0.717) is 17.1 Å². The molecule has 3 N–H and O–H groups in total. The van der Waals surface area contributed by atoms with E-state index in [0.717, 1.165) is 24.1 Å². The number of nitrogens with one attached hydrogen (secondary N) is 2. The molecule has 5 heteroatoms. The minimum Gasteiger partial charge on any atom is -0.393 e. The topological polar surface area (TPSA) is 61.4 Å². The monoisotopic (exact) mass is 316 g/mol. The summed E-state index contributed by atoms with van der Waals surface area (Å²) < 4.78 is 0. The average molecular weight is 317 g/mol. The Kier molecular flexibility index (Phi) is 4.32. The molecule has 0 aliphatic heterocycles. The summed E-state index contributed by atoms with van der Waals surface area (Å²) >= 11 is 5.90. The number of fused-ring (bicyclic) bond motifs is 1. The molecule has 0 radical (unpaired) electrons. The first kappa shape index (κ1) is 14.9. The molecule has 0 saturated heterocycles. The number of hydrogen-bond acceptors (Lipinski definition) is 2. The standard InChI is InChI=1S/C17H17ClN2O2/c18-12-4-2-5-13(9-12)19-17(22)20-16-6-1-3-11-7-8-14(21)10-15(11)16/h1-6,9,14,21H,7-8,10H2,(H2,19,20,22)/t14-/m0/s1. The second-order valence-corrected chi connectivity index (χ2v) is 5.87. The Labute approximate surface area is 134 Å². The van der Waals surface area contributed by atoms with Gasteiger partial charge in [-0.2, -0.15) is 0 Å². The van der Waals surface area contributed by atoms with Crippen LogP contribution in [0.25, 0.3) is 0 Å². The second-order valence-electron chi connectivity index (χ2n) is 5.43. The van der Waals surface area contributed by atoms with Gasteiger partial charge in [-0.1, -0.05) is 29.8 Å². The highest BCUT2D eigenvalue weighted by Gasteiger charge is 2.19. The van der Waals surface area contributed by atoms with E-state index in [1.54, 1.807) is 24.3 Å². The normalized spacial score (nSPS) is 16.7. The molecule has 0 bridgehead atoms. The first-order valence-corrected chi connectivity index (χ1v) is 7.62. The van der Waals surface area contributed by atoms with Crippen LogP contribution in [0.2, 0.25) is 5.02 Å². The fourth-order valence-electron chi connectivity index (χ4n) is 2.74. The van der Waals surface area contributed by atoms with Crippen LogP contribution in [0.3, 0.4) is 0 Å². The molecule has 3 rings (SSSR count). The Balaban J connectivity index is 1.74. The van der Waals surface area contributed by atoms with Crippen molar-refractivity contribution < 1.29 is 9.90 Å². The molecule has 114 valence electrons. The molecule has 1 atom stereocenters. The van der Waals surface area contributed by atoms with Gasteiger partial charge < -0.3 is 15.7 Å². The van der Waals surface area contributed by atoms with E-state index in [-0.39, 0.29) is 12.1 Å². The number of benzene rings is 2. The van der Waals surface area contributed by atoms with Crippen molar-refractivity contribution >= 4 is 29.0 Å². The number of aryl methyl sites for hydroxylation is 1. The van der Waals surface area contributed by atoms with Crippen molar-refractivity contribution in [3.8, 4) is 0 Å². The van der Waals surface area contributed by atoms with Gasteiger partial charge in [0.15, 0.2) is 0 Å². The quantitative estimate of drug-likeness (QED) is 0.788. The summed E-state index contributed by atoms with van der Waals surface area (Å²) in [6.07, 6.45) is 1.84. The Morgan fingerprint density at radius 2 is 2.00 bits per heavy atom. The highest BCUT2D eigenvalue weighted by molar-refractivity contribution is 6.30. The SMILES string of the molecule is O=C(Nc1cccc(Cl)c1)Nc1cccc2c1C[C@@H](O)CC2. The fraction of sp³-hybridized carbons (Fsp3) is 0.235. The minimum absolute atomic E-state index is 0.323. The van der Waals surface area contributed by atoms with Gasteiger partial charge in [-0.3, -0.25) is 0 Å². The molecule has 2 amide bonds. The summed E-state index contributed by atoms with van der Waals surface area (Å²) in [5, 5.41) is 16.0. The molecule has 0 spiro atoms. The first-order chi connectivity index (χ1) is 10.6. The van der Waals surface area contributed by atoms with Crippen molar-refractivity contribution in [3.05, 3.63) is 58.6 Å². The molecule has 1 aliphatic rings. The number of urea groups is 1. The Hall–Kier alpha value is -2.04. The maximum atomic E-state index is 12.1. The van der Waals surface area contributed by atoms with Crippen LogP contribution < -0.4 is 10.6 Å². The number of hydrogen-bond donors (Lipinski definition) is 3. The van der Waals surface area contributed by atoms with Gasteiger partial charge in [0.25, 0.3) is 0 Å². The molecule has 0 heterocycles. The van der Waals surface area contributed by atoms with Gasteiger partial charge >= 0.3 is 6.03 Å². The summed E-state index contributed by atoms with van der Waals surface area (Å²) in [5.74, 6) is 0. The molecule has 0 saturated carbocycles. The number of aliphatic hydroxyl groups excluding tert-OH is 1. The molecule has 0 aromatic heterocycles. The van der Waals surface area contributed by atoms with Crippen molar-refractivity contribution in [1.29, 1.82) is 0 Å². The van der Waals surface area contributed by atoms with Crippen molar-refractivity contribution in [2.45, 2.75) is 25.4 Å². The van der Waals surface area contributed by atoms with Crippen LogP contribution in [-0.2, 0) is 12.8 Å². The van der Waals surface area contributed by atoms with E-state index in [1.807, 2.05) is 18.2 Å². The molecule has 2 aromatic rings. The molecule has 2 aromatic carbocycles. The maximum absolute atomic E-state index is 12.1. The Morgan fingerprint density at radius 1 is 1.18 bits per heavy atom. The van der Waals surface area contributed by atoms with Crippen molar-refractivity contribution in [1.82, 2.24) is 0 Å². The smallest absolute Gasteiger partial charge is 0.323 e. The van der Waals surface area contributed by atoms with E-state index in [4.69, 9.17) is 11.6 Å². The largest absolute Gasteiger partial charge is 0.393 e. The van der Waals surface area contributed by atoms with E-state index >= 15 is 0 Å². The van der Waals surface area contributed by atoms with Gasteiger partial charge in [0.1, 0.15) is 0 Å². The van der Waals surface area contributed by atoms with Gasteiger partial charge in [0.2, 0.25) is 0 Å². The van der Waals surface area contributed by atoms with Gasteiger partial charge in [-0.15, -0.1) is 0 Å². The predicted molar refractivity (Wildman–Crippen MR) is 88.6 cm³/mol. The summed E-state index contributed by atoms with van der Waals surface area (Å²) in [7, 11) is 0. The van der Waals surface area contributed by atoms with Gasteiger partial charge in [-0.25, -0.2) is 4.79 Å². The molecule has 1 aliphatic carbocycles. The average Bonchev–Trinajstić information content (AvgIpc) is 2.48. The lowest BCUT2D eigenvalue weighted by atomic mass is 9.88. The van der Waals surface area contributed by atoms with Crippen molar-refractivity contribution in [2.24, 2.45) is 0 Å². The second kappa shape index (κ2) is 6.38.